The maximum atomic E-state index is 6.18. The molecular weight excluding hydrogens is 306 g/mol. The van der Waals surface area contributed by atoms with Crippen molar-refractivity contribution in [3.8, 4) is 5.88 Å². The first kappa shape index (κ1) is 13.2. The average Bonchev–Trinajstić information content (AvgIpc) is 2.67. The monoisotopic (exact) mass is 325 g/mol. The molecular formula is C14H20BrN3O. The van der Waals surface area contributed by atoms with E-state index in [1.807, 2.05) is 0 Å². The average molecular weight is 326 g/mol. The Kier molecular flexibility index (Phi) is 2.82. The second-order valence-corrected chi connectivity index (χ2v) is 7.45. The van der Waals surface area contributed by atoms with Crippen molar-refractivity contribution in [2.45, 2.75) is 46.1 Å². The van der Waals surface area contributed by atoms with Crippen molar-refractivity contribution in [2.24, 2.45) is 16.7 Å². The van der Waals surface area contributed by atoms with E-state index in [0.717, 1.165) is 16.8 Å². The van der Waals surface area contributed by atoms with Crippen LogP contribution in [0.2, 0.25) is 0 Å². The van der Waals surface area contributed by atoms with Crippen molar-refractivity contribution >= 4 is 21.9 Å². The van der Waals surface area contributed by atoms with E-state index in [9.17, 15) is 0 Å². The first-order valence-electron chi connectivity index (χ1n) is 6.79. The van der Waals surface area contributed by atoms with E-state index < -0.39 is 0 Å². The van der Waals surface area contributed by atoms with Crippen molar-refractivity contribution in [1.82, 2.24) is 9.97 Å². The van der Waals surface area contributed by atoms with Crippen LogP contribution in [0.4, 0.5) is 5.95 Å². The van der Waals surface area contributed by atoms with Crippen molar-refractivity contribution < 1.29 is 4.74 Å². The molecule has 0 aliphatic heterocycles. The third kappa shape index (κ3) is 1.77. The highest BCUT2D eigenvalue weighted by Gasteiger charge is 2.62. The molecule has 4 nitrogen and oxygen atoms in total. The van der Waals surface area contributed by atoms with Crippen LogP contribution in [0.5, 0.6) is 5.88 Å². The van der Waals surface area contributed by atoms with Gasteiger partial charge < -0.3 is 10.5 Å². The summed E-state index contributed by atoms with van der Waals surface area (Å²) in [6.07, 6.45) is 5.52. The van der Waals surface area contributed by atoms with Crippen molar-refractivity contribution in [1.29, 1.82) is 0 Å². The number of ether oxygens (including phenoxy) is 1. The largest absolute Gasteiger partial charge is 0.473 e. The Morgan fingerprint density at radius 1 is 1.42 bits per heavy atom. The summed E-state index contributed by atoms with van der Waals surface area (Å²) in [4.78, 5) is 8.14. The topological polar surface area (TPSA) is 61.0 Å². The van der Waals surface area contributed by atoms with Gasteiger partial charge in [0, 0.05) is 5.41 Å². The Morgan fingerprint density at radius 3 is 2.74 bits per heavy atom. The van der Waals surface area contributed by atoms with Gasteiger partial charge in [0.1, 0.15) is 6.10 Å². The fourth-order valence-electron chi connectivity index (χ4n) is 3.89. The van der Waals surface area contributed by atoms with E-state index >= 15 is 0 Å². The summed E-state index contributed by atoms with van der Waals surface area (Å²) in [5, 5.41) is 0. The van der Waals surface area contributed by atoms with Crippen LogP contribution in [0.3, 0.4) is 0 Å². The lowest BCUT2D eigenvalue weighted by molar-refractivity contribution is 0.0268. The molecule has 1 heterocycles. The summed E-state index contributed by atoms with van der Waals surface area (Å²) in [6.45, 7) is 7.10. The third-order valence-corrected chi connectivity index (χ3v) is 6.24. The SMILES string of the molecule is CC1(C)C2CCC1(C)C(Oc1nc(N)ncc1Br)C2. The number of nitrogens with zero attached hydrogens (tertiary/aromatic N) is 2. The van der Waals surface area contributed by atoms with E-state index in [1.165, 1.54) is 12.8 Å². The zero-order chi connectivity index (χ0) is 13.8. The number of rotatable bonds is 2. The Hall–Kier alpha value is -0.840. The van der Waals surface area contributed by atoms with Crippen LogP contribution in [-0.4, -0.2) is 16.1 Å². The van der Waals surface area contributed by atoms with Crippen LogP contribution in [0, 0.1) is 16.7 Å². The van der Waals surface area contributed by atoms with Crippen LogP contribution in [-0.2, 0) is 0 Å². The molecule has 0 radical (unpaired) electrons. The number of halogens is 1. The van der Waals surface area contributed by atoms with Gasteiger partial charge in [0.25, 0.3) is 0 Å². The quantitative estimate of drug-likeness (QED) is 0.905. The summed E-state index contributed by atoms with van der Waals surface area (Å²) in [7, 11) is 0. The predicted molar refractivity (Wildman–Crippen MR) is 77.8 cm³/mol. The lowest BCUT2D eigenvalue weighted by Gasteiger charge is -2.38. The highest BCUT2D eigenvalue weighted by molar-refractivity contribution is 9.10. The number of fused-ring (bicyclic) bond motifs is 2. The van der Waals surface area contributed by atoms with Crippen LogP contribution in [0.1, 0.15) is 40.0 Å². The van der Waals surface area contributed by atoms with Gasteiger partial charge in [-0.05, 0) is 46.5 Å². The standard InChI is InChI=1S/C14H20BrN3O/c1-13(2)8-4-5-14(13,3)10(6-8)19-11-9(15)7-17-12(16)18-11/h7-8,10H,4-6H2,1-3H3,(H2,16,17,18). The molecule has 1 aromatic heterocycles. The lowest BCUT2D eigenvalue weighted by Crippen LogP contribution is -2.39. The van der Waals surface area contributed by atoms with Gasteiger partial charge in [-0.15, -0.1) is 0 Å². The Morgan fingerprint density at radius 2 is 2.16 bits per heavy atom. The van der Waals surface area contributed by atoms with E-state index in [-0.39, 0.29) is 17.5 Å². The van der Waals surface area contributed by atoms with Crippen molar-refractivity contribution in [3.63, 3.8) is 0 Å². The number of hydrogen-bond donors (Lipinski definition) is 1. The molecule has 1 aromatic rings. The summed E-state index contributed by atoms with van der Waals surface area (Å²) in [5.74, 6) is 1.58. The minimum atomic E-state index is 0.215. The van der Waals surface area contributed by atoms with Gasteiger partial charge in [-0.1, -0.05) is 20.8 Å². The Bertz CT molecular complexity index is 519. The highest BCUT2D eigenvalue weighted by Crippen LogP contribution is 2.66. The number of anilines is 1. The molecule has 0 aromatic carbocycles. The van der Waals surface area contributed by atoms with Gasteiger partial charge in [0.05, 0.1) is 10.7 Å². The molecule has 2 bridgehead atoms. The molecule has 0 spiro atoms. The molecule has 2 saturated carbocycles. The summed E-state index contributed by atoms with van der Waals surface area (Å²) in [5.41, 5.74) is 6.20. The fraction of sp³-hybridized carbons (Fsp3) is 0.714. The normalized spacial score (nSPS) is 35.6. The maximum Gasteiger partial charge on any atom is 0.233 e. The molecule has 2 N–H and O–H groups in total. The Labute approximate surface area is 122 Å². The summed E-state index contributed by atoms with van der Waals surface area (Å²) in [6, 6.07) is 0. The minimum Gasteiger partial charge on any atom is -0.473 e. The van der Waals surface area contributed by atoms with Crippen LogP contribution < -0.4 is 10.5 Å². The molecule has 0 saturated heterocycles. The van der Waals surface area contributed by atoms with Gasteiger partial charge >= 0.3 is 0 Å². The van der Waals surface area contributed by atoms with Crippen molar-refractivity contribution in [2.75, 3.05) is 5.73 Å². The molecule has 2 aliphatic rings. The minimum absolute atomic E-state index is 0.215. The molecule has 3 atom stereocenters. The first-order valence-corrected chi connectivity index (χ1v) is 7.58. The molecule has 2 aliphatic carbocycles. The fourth-order valence-corrected chi connectivity index (χ4v) is 4.17. The number of aromatic nitrogens is 2. The van der Waals surface area contributed by atoms with Crippen molar-refractivity contribution in [3.05, 3.63) is 10.7 Å². The summed E-state index contributed by atoms with van der Waals surface area (Å²) >= 11 is 3.43. The molecule has 3 rings (SSSR count). The van der Waals surface area contributed by atoms with Crippen LogP contribution in [0.15, 0.2) is 10.7 Å². The summed E-state index contributed by atoms with van der Waals surface area (Å²) < 4.78 is 6.95. The van der Waals surface area contributed by atoms with E-state index in [2.05, 4.69) is 46.7 Å². The number of nitrogens with two attached hydrogens (primary N) is 1. The molecule has 3 unspecified atom stereocenters. The van der Waals surface area contributed by atoms with Gasteiger partial charge in [0.15, 0.2) is 0 Å². The van der Waals surface area contributed by atoms with Gasteiger partial charge in [-0.2, -0.15) is 4.98 Å². The second kappa shape index (κ2) is 4.08. The Balaban J connectivity index is 1.88. The highest BCUT2D eigenvalue weighted by atomic mass is 79.9. The lowest BCUT2D eigenvalue weighted by atomic mass is 9.70. The molecule has 0 amide bonds. The van der Waals surface area contributed by atoms with Gasteiger partial charge in [0.2, 0.25) is 11.8 Å². The van der Waals surface area contributed by atoms with Crippen LogP contribution in [0.25, 0.3) is 0 Å². The zero-order valence-corrected chi connectivity index (χ0v) is 13.2. The molecule has 104 valence electrons. The third-order valence-electron chi connectivity index (χ3n) is 5.70. The zero-order valence-electron chi connectivity index (χ0n) is 11.6. The van der Waals surface area contributed by atoms with E-state index in [0.29, 0.717) is 11.3 Å². The molecule has 19 heavy (non-hydrogen) atoms. The second-order valence-electron chi connectivity index (χ2n) is 6.60. The van der Waals surface area contributed by atoms with Gasteiger partial charge in [-0.3, -0.25) is 0 Å². The number of nitrogen functional groups attached to an aromatic ring is 1. The molecule has 2 fully saturated rings. The molecule has 5 heteroatoms. The smallest absolute Gasteiger partial charge is 0.233 e. The predicted octanol–water partition coefficient (Wildman–Crippen LogP) is 3.41. The first-order chi connectivity index (χ1) is 8.84. The van der Waals surface area contributed by atoms with E-state index in [4.69, 9.17) is 10.5 Å². The van der Waals surface area contributed by atoms with E-state index in [1.54, 1.807) is 6.20 Å². The van der Waals surface area contributed by atoms with Gasteiger partial charge in [-0.25, -0.2) is 4.98 Å². The maximum absolute atomic E-state index is 6.18. The number of hydrogen-bond acceptors (Lipinski definition) is 4. The van der Waals surface area contributed by atoms with Crippen LogP contribution >= 0.6 is 15.9 Å².